The zero-order valence-corrected chi connectivity index (χ0v) is 18.9. The predicted molar refractivity (Wildman–Crippen MR) is 118 cm³/mol. The van der Waals surface area contributed by atoms with E-state index in [1.54, 1.807) is 0 Å². The van der Waals surface area contributed by atoms with E-state index in [2.05, 4.69) is 41.7 Å². The maximum absolute atomic E-state index is 12.1. The smallest absolute Gasteiger partial charge is 0.321 e. The summed E-state index contributed by atoms with van der Waals surface area (Å²) in [5.74, 6) is 0.797. The monoisotopic (exact) mass is 452 g/mol. The molecule has 2 unspecified atom stereocenters. The van der Waals surface area contributed by atoms with Crippen molar-refractivity contribution < 1.29 is 9.59 Å². The first-order valence-corrected chi connectivity index (χ1v) is 11.9. The summed E-state index contributed by atoms with van der Waals surface area (Å²) in [5.41, 5.74) is 0. The highest BCUT2D eigenvalue weighted by Gasteiger charge is 2.23. The Hall–Kier alpha value is -2.34. The van der Waals surface area contributed by atoms with Gasteiger partial charge in [0, 0.05) is 13.1 Å². The molecule has 1 fully saturated rings. The Labute approximate surface area is 183 Å². The fraction of sp³-hybridized carbons (Fsp3) is 0.667. The van der Waals surface area contributed by atoms with Crippen LogP contribution in [0.2, 0.25) is 0 Å². The van der Waals surface area contributed by atoms with E-state index in [4.69, 9.17) is 0 Å². The largest absolute Gasteiger partial charge is 0.338 e. The van der Waals surface area contributed by atoms with Gasteiger partial charge in [0.1, 0.15) is 10.0 Å². The van der Waals surface area contributed by atoms with Gasteiger partial charge in [0.15, 0.2) is 0 Å². The van der Waals surface area contributed by atoms with Gasteiger partial charge >= 0.3 is 12.1 Å². The minimum atomic E-state index is -0.253. The van der Waals surface area contributed by atoms with Crippen LogP contribution >= 0.6 is 22.7 Å². The summed E-state index contributed by atoms with van der Waals surface area (Å²) >= 11 is 2.77. The third kappa shape index (κ3) is 6.87. The molecule has 10 nitrogen and oxygen atoms in total. The molecule has 4 amide bonds. The third-order valence-corrected chi connectivity index (χ3v) is 6.94. The minimum Gasteiger partial charge on any atom is -0.338 e. The SMILES string of the molecule is CCc1nnc(NC(=O)NCC2CCCC(CNC(=O)Nc3nnc(CC)s3)C2)s1. The zero-order valence-electron chi connectivity index (χ0n) is 17.2. The second-order valence-electron chi connectivity index (χ2n) is 7.28. The summed E-state index contributed by atoms with van der Waals surface area (Å²) in [6.07, 6.45) is 5.82. The van der Waals surface area contributed by atoms with Gasteiger partial charge < -0.3 is 10.6 Å². The molecule has 2 aromatic rings. The van der Waals surface area contributed by atoms with Crippen molar-refractivity contribution in [1.29, 1.82) is 0 Å². The van der Waals surface area contributed by atoms with Crippen molar-refractivity contribution in [1.82, 2.24) is 31.0 Å². The lowest BCUT2D eigenvalue weighted by Crippen LogP contribution is -2.38. The van der Waals surface area contributed by atoms with Crippen molar-refractivity contribution in [2.45, 2.75) is 52.4 Å². The molecule has 4 N–H and O–H groups in total. The molecule has 1 aliphatic carbocycles. The minimum absolute atomic E-state index is 0.253. The highest BCUT2D eigenvalue weighted by atomic mass is 32.1. The Balaban J connectivity index is 1.35. The van der Waals surface area contributed by atoms with E-state index in [1.807, 2.05) is 13.8 Å². The number of hydrogen-bond donors (Lipinski definition) is 4. The number of aromatic nitrogens is 4. The van der Waals surface area contributed by atoms with Crippen LogP contribution in [0.15, 0.2) is 0 Å². The van der Waals surface area contributed by atoms with Crippen molar-refractivity contribution in [3.8, 4) is 0 Å². The van der Waals surface area contributed by atoms with E-state index in [0.717, 1.165) is 48.5 Å². The Bertz CT molecular complexity index is 774. The average Bonchev–Trinajstić information content (AvgIpc) is 3.40. The summed E-state index contributed by atoms with van der Waals surface area (Å²) in [6, 6.07) is -0.506. The molecule has 3 rings (SSSR count). The normalized spacial score (nSPS) is 18.6. The first-order valence-electron chi connectivity index (χ1n) is 10.3. The number of carbonyl (C=O) groups excluding carboxylic acids is 2. The Morgan fingerprint density at radius 2 is 1.30 bits per heavy atom. The highest BCUT2D eigenvalue weighted by molar-refractivity contribution is 7.15. The summed E-state index contributed by atoms with van der Waals surface area (Å²) in [6.45, 7) is 5.22. The van der Waals surface area contributed by atoms with Crippen LogP contribution in [0.3, 0.4) is 0 Å². The summed E-state index contributed by atoms with van der Waals surface area (Å²) in [5, 5.41) is 30.1. The standard InChI is InChI=1S/C18H28N8O2S2/c1-3-13-23-25-17(29-13)21-15(27)19-9-11-6-5-7-12(8-11)10-20-16(28)22-18-26-24-14(4-2)30-18/h11-12H,3-10H2,1-2H3,(H2,19,21,25,27)(H2,20,22,26,28). The Morgan fingerprint density at radius 1 is 0.833 bits per heavy atom. The van der Waals surface area contributed by atoms with Crippen LogP contribution in [-0.4, -0.2) is 45.5 Å². The number of urea groups is 2. The van der Waals surface area contributed by atoms with Gasteiger partial charge in [-0.05, 0) is 43.9 Å². The van der Waals surface area contributed by atoms with Gasteiger partial charge in [0.2, 0.25) is 10.3 Å². The number of nitrogens with zero attached hydrogens (tertiary/aromatic N) is 4. The van der Waals surface area contributed by atoms with Gasteiger partial charge in [-0.2, -0.15) is 0 Å². The Morgan fingerprint density at radius 3 is 1.70 bits per heavy atom. The van der Waals surface area contributed by atoms with E-state index < -0.39 is 0 Å². The summed E-state index contributed by atoms with van der Waals surface area (Å²) < 4.78 is 0. The third-order valence-electron chi connectivity index (χ3n) is 4.97. The van der Waals surface area contributed by atoms with Gasteiger partial charge in [0.05, 0.1) is 0 Å². The van der Waals surface area contributed by atoms with Crippen LogP contribution in [0, 0.1) is 11.8 Å². The van der Waals surface area contributed by atoms with Crippen LogP contribution in [0.4, 0.5) is 19.9 Å². The van der Waals surface area contributed by atoms with Crippen molar-refractivity contribution in [3.63, 3.8) is 0 Å². The fourth-order valence-corrected chi connectivity index (χ4v) is 4.77. The molecule has 2 atom stereocenters. The van der Waals surface area contributed by atoms with Gasteiger partial charge in [-0.3, -0.25) is 10.6 Å². The summed E-state index contributed by atoms with van der Waals surface area (Å²) in [4.78, 5) is 24.2. The molecular formula is C18H28N8O2S2. The fourth-order valence-electron chi connectivity index (χ4n) is 3.42. The maximum Gasteiger partial charge on any atom is 0.321 e. The first kappa shape index (κ1) is 22.3. The van der Waals surface area contributed by atoms with Crippen molar-refractivity contribution in [3.05, 3.63) is 10.0 Å². The molecule has 0 spiro atoms. The summed E-state index contributed by atoms with van der Waals surface area (Å²) in [7, 11) is 0. The molecule has 0 bridgehead atoms. The number of hydrogen-bond acceptors (Lipinski definition) is 8. The van der Waals surface area contributed by atoms with E-state index in [9.17, 15) is 9.59 Å². The lowest BCUT2D eigenvalue weighted by atomic mass is 9.81. The molecule has 12 heteroatoms. The number of amides is 4. The van der Waals surface area contributed by atoms with Gasteiger partial charge in [-0.15, -0.1) is 20.4 Å². The molecule has 164 valence electrons. The second-order valence-corrected chi connectivity index (χ2v) is 9.40. The number of nitrogens with one attached hydrogen (secondary N) is 4. The van der Waals surface area contributed by atoms with Crippen LogP contribution < -0.4 is 21.3 Å². The van der Waals surface area contributed by atoms with E-state index in [0.29, 0.717) is 35.2 Å². The quantitative estimate of drug-likeness (QED) is 0.486. The highest BCUT2D eigenvalue weighted by Crippen LogP contribution is 2.28. The molecule has 1 saturated carbocycles. The molecule has 0 aromatic carbocycles. The van der Waals surface area contributed by atoms with Crippen molar-refractivity contribution in [2.24, 2.45) is 11.8 Å². The van der Waals surface area contributed by atoms with Crippen LogP contribution in [0.5, 0.6) is 0 Å². The molecule has 0 saturated heterocycles. The predicted octanol–water partition coefficient (Wildman–Crippen LogP) is 3.26. The van der Waals surface area contributed by atoms with Crippen LogP contribution in [-0.2, 0) is 12.8 Å². The molecule has 2 aromatic heterocycles. The van der Waals surface area contributed by atoms with Gasteiger partial charge in [0.25, 0.3) is 0 Å². The lowest BCUT2D eigenvalue weighted by molar-refractivity contribution is 0.230. The molecule has 0 radical (unpaired) electrons. The van der Waals surface area contributed by atoms with E-state index in [1.165, 1.54) is 22.7 Å². The molecule has 0 aliphatic heterocycles. The zero-order chi connectivity index (χ0) is 21.3. The second kappa shape index (κ2) is 11.2. The average molecular weight is 453 g/mol. The Kier molecular flexibility index (Phi) is 8.31. The number of anilines is 2. The maximum atomic E-state index is 12.1. The van der Waals surface area contributed by atoms with Gasteiger partial charge in [-0.25, -0.2) is 9.59 Å². The molecule has 30 heavy (non-hydrogen) atoms. The van der Waals surface area contributed by atoms with Crippen molar-refractivity contribution in [2.75, 3.05) is 23.7 Å². The number of carbonyl (C=O) groups is 2. The molecular weight excluding hydrogens is 424 g/mol. The van der Waals surface area contributed by atoms with E-state index in [-0.39, 0.29) is 12.1 Å². The topological polar surface area (TPSA) is 134 Å². The lowest BCUT2D eigenvalue weighted by Gasteiger charge is -2.29. The van der Waals surface area contributed by atoms with Crippen molar-refractivity contribution >= 4 is 45.0 Å². The molecule has 1 aliphatic rings. The first-order chi connectivity index (χ1) is 14.6. The van der Waals surface area contributed by atoms with E-state index >= 15 is 0 Å². The van der Waals surface area contributed by atoms with Crippen LogP contribution in [0.25, 0.3) is 0 Å². The van der Waals surface area contributed by atoms with Crippen LogP contribution in [0.1, 0.15) is 49.5 Å². The number of aryl methyl sites for hydroxylation is 2. The number of rotatable bonds is 8. The molecule has 2 heterocycles. The van der Waals surface area contributed by atoms with Gasteiger partial charge in [-0.1, -0.05) is 42.9 Å².